The van der Waals surface area contributed by atoms with Gasteiger partial charge in [0.15, 0.2) is 0 Å². The summed E-state index contributed by atoms with van der Waals surface area (Å²) in [5.74, 6) is 0.800. The maximum absolute atomic E-state index is 11.7. The van der Waals surface area contributed by atoms with Gasteiger partial charge in [-0.15, -0.1) is 11.8 Å². The fourth-order valence-corrected chi connectivity index (χ4v) is 5.12. The summed E-state index contributed by atoms with van der Waals surface area (Å²) in [5.41, 5.74) is -0.449. The van der Waals surface area contributed by atoms with Crippen molar-refractivity contribution in [2.24, 2.45) is 11.3 Å². The molecule has 1 aromatic carbocycles. The van der Waals surface area contributed by atoms with E-state index in [1.165, 1.54) is 0 Å². The zero-order valence-corrected chi connectivity index (χ0v) is 14.2. The summed E-state index contributed by atoms with van der Waals surface area (Å²) in [7, 11) is 0. The van der Waals surface area contributed by atoms with E-state index in [2.05, 4.69) is 4.90 Å². The van der Waals surface area contributed by atoms with Crippen LogP contribution in [0.25, 0.3) is 0 Å². The second kappa shape index (κ2) is 6.81. The molecule has 1 saturated carbocycles. The molecule has 3 rings (SSSR count). The molecule has 5 heteroatoms. The molecule has 2 aliphatic rings. The minimum absolute atomic E-state index is 0.362. The number of halogens is 1. The summed E-state index contributed by atoms with van der Waals surface area (Å²) in [6.07, 6.45) is 4.08. The van der Waals surface area contributed by atoms with Crippen LogP contribution in [-0.4, -0.2) is 41.4 Å². The van der Waals surface area contributed by atoms with Gasteiger partial charge in [0.2, 0.25) is 0 Å². The van der Waals surface area contributed by atoms with Crippen LogP contribution in [0, 0.1) is 11.3 Å². The monoisotopic (exact) mass is 339 g/mol. The Labute approximate surface area is 141 Å². The third-order valence-electron chi connectivity index (χ3n) is 5.08. The first kappa shape index (κ1) is 16.2. The van der Waals surface area contributed by atoms with Crippen LogP contribution < -0.4 is 0 Å². The highest BCUT2D eigenvalue weighted by Crippen LogP contribution is 2.48. The van der Waals surface area contributed by atoms with Gasteiger partial charge in [0.05, 0.1) is 10.4 Å². The molecule has 0 amide bonds. The summed E-state index contributed by atoms with van der Waals surface area (Å²) >= 11 is 7.93. The highest BCUT2D eigenvalue weighted by Gasteiger charge is 2.54. The lowest BCUT2D eigenvalue weighted by Crippen LogP contribution is -2.35. The van der Waals surface area contributed by atoms with Crippen molar-refractivity contribution < 1.29 is 9.90 Å². The highest BCUT2D eigenvalue weighted by atomic mass is 35.5. The first-order chi connectivity index (χ1) is 10.6. The Hall–Kier alpha value is -0.710. The molecule has 22 heavy (non-hydrogen) atoms. The fourth-order valence-electron chi connectivity index (χ4n) is 3.95. The molecule has 3 nitrogen and oxygen atoms in total. The van der Waals surface area contributed by atoms with Crippen LogP contribution >= 0.6 is 23.4 Å². The van der Waals surface area contributed by atoms with E-state index in [9.17, 15) is 9.90 Å². The number of benzene rings is 1. The molecule has 0 unspecified atom stereocenters. The quantitative estimate of drug-likeness (QED) is 0.628. The molecule has 1 aliphatic heterocycles. The van der Waals surface area contributed by atoms with Crippen molar-refractivity contribution in [1.82, 2.24) is 4.90 Å². The van der Waals surface area contributed by atoms with E-state index in [0.717, 1.165) is 61.0 Å². The summed E-state index contributed by atoms with van der Waals surface area (Å²) in [6, 6.07) is 7.92. The smallest absolute Gasteiger partial charge is 0.311 e. The third kappa shape index (κ3) is 3.15. The van der Waals surface area contributed by atoms with Crippen LogP contribution in [0.3, 0.4) is 0 Å². The van der Waals surface area contributed by atoms with Crippen molar-refractivity contribution in [3.63, 3.8) is 0 Å². The Bertz CT molecular complexity index is 553. The number of hydrogen-bond acceptors (Lipinski definition) is 3. The van der Waals surface area contributed by atoms with Crippen LogP contribution in [0.2, 0.25) is 5.02 Å². The number of carbonyl (C=O) groups is 1. The van der Waals surface area contributed by atoms with Gasteiger partial charge in [-0.25, -0.2) is 0 Å². The third-order valence-corrected chi connectivity index (χ3v) is 6.68. The lowest BCUT2D eigenvalue weighted by atomic mass is 9.81. The van der Waals surface area contributed by atoms with Crippen molar-refractivity contribution >= 4 is 29.3 Å². The van der Waals surface area contributed by atoms with Crippen molar-refractivity contribution in [3.05, 3.63) is 29.3 Å². The van der Waals surface area contributed by atoms with E-state index in [0.29, 0.717) is 5.92 Å². The molecule has 0 aromatic heterocycles. The molecule has 0 bridgehead atoms. The SMILES string of the molecule is O=C(O)[C@@]12CCC[C@H]1CN(CCCSc1ccccc1Cl)C2. The van der Waals surface area contributed by atoms with Crippen LogP contribution in [0.4, 0.5) is 0 Å². The van der Waals surface area contributed by atoms with Gasteiger partial charge in [-0.1, -0.05) is 30.2 Å². The Morgan fingerprint density at radius 2 is 2.27 bits per heavy atom. The molecule has 0 radical (unpaired) electrons. The highest BCUT2D eigenvalue weighted by molar-refractivity contribution is 7.99. The second-order valence-corrected chi connectivity index (χ2v) is 7.96. The molecule has 2 fully saturated rings. The van der Waals surface area contributed by atoms with Gasteiger partial charge in [-0.2, -0.15) is 0 Å². The molecule has 120 valence electrons. The Kier molecular flexibility index (Phi) is 5.00. The zero-order valence-electron chi connectivity index (χ0n) is 12.6. The first-order valence-electron chi connectivity index (χ1n) is 7.95. The van der Waals surface area contributed by atoms with Gasteiger partial charge in [0, 0.05) is 18.0 Å². The van der Waals surface area contributed by atoms with Crippen LogP contribution in [0.15, 0.2) is 29.2 Å². The number of aliphatic carboxylic acids is 1. The van der Waals surface area contributed by atoms with E-state index >= 15 is 0 Å². The number of likely N-dealkylation sites (tertiary alicyclic amines) is 1. The molecule has 1 aromatic rings. The molecular formula is C17H22ClNO2S. The van der Waals surface area contributed by atoms with E-state index in [-0.39, 0.29) is 0 Å². The maximum atomic E-state index is 11.7. The van der Waals surface area contributed by atoms with E-state index in [1.807, 2.05) is 24.3 Å². The zero-order chi connectivity index (χ0) is 15.6. The predicted molar refractivity (Wildman–Crippen MR) is 90.6 cm³/mol. The van der Waals surface area contributed by atoms with Gasteiger partial charge in [0.1, 0.15) is 0 Å². The molecule has 1 saturated heterocycles. The molecule has 1 aliphatic carbocycles. The predicted octanol–water partition coefficient (Wildman–Crippen LogP) is 4.01. The lowest BCUT2D eigenvalue weighted by Gasteiger charge is -2.23. The van der Waals surface area contributed by atoms with Crippen molar-refractivity contribution in [2.75, 3.05) is 25.4 Å². The molecular weight excluding hydrogens is 318 g/mol. The average Bonchev–Trinajstić information content (AvgIpc) is 3.03. The number of thioether (sulfide) groups is 1. The first-order valence-corrected chi connectivity index (χ1v) is 9.31. The second-order valence-electron chi connectivity index (χ2n) is 6.42. The van der Waals surface area contributed by atoms with Gasteiger partial charge in [-0.3, -0.25) is 4.79 Å². The number of hydrogen-bond donors (Lipinski definition) is 1. The molecule has 2 atom stereocenters. The summed E-state index contributed by atoms with van der Waals surface area (Å²) in [4.78, 5) is 15.1. The van der Waals surface area contributed by atoms with Gasteiger partial charge >= 0.3 is 5.97 Å². The van der Waals surface area contributed by atoms with Crippen LogP contribution in [0.5, 0.6) is 0 Å². The standard InChI is InChI=1S/C17H22ClNO2S/c18-14-6-1-2-7-15(14)22-10-4-9-19-11-13-5-3-8-17(13,12-19)16(20)21/h1-2,6-7,13H,3-5,8-12H2,(H,20,21)/t13-,17+/m0/s1. The minimum Gasteiger partial charge on any atom is -0.481 e. The minimum atomic E-state index is -0.581. The topological polar surface area (TPSA) is 40.5 Å². The number of carboxylic acids is 1. The Balaban J connectivity index is 1.46. The van der Waals surface area contributed by atoms with Crippen molar-refractivity contribution in [3.8, 4) is 0 Å². The van der Waals surface area contributed by atoms with Gasteiger partial charge in [0.25, 0.3) is 0 Å². The summed E-state index contributed by atoms with van der Waals surface area (Å²) in [6.45, 7) is 2.69. The summed E-state index contributed by atoms with van der Waals surface area (Å²) < 4.78 is 0. The normalized spacial score (nSPS) is 28.0. The van der Waals surface area contributed by atoms with Gasteiger partial charge < -0.3 is 10.0 Å². The van der Waals surface area contributed by atoms with Crippen molar-refractivity contribution in [1.29, 1.82) is 0 Å². The molecule has 1 heterocycles. The van der Waals surface area contributed by atoms with E-state index in [1.54, 1.807) is 11.8 Å². The Morgan fingerprint density at radius 3 is 3.00 bits per heavy atom. The molecule has 1 N–H and O–H groups in total. The fraction of sp³-hybridized carbons (Fsp3) is 0.588. The number of nitrogens with zero attached hydrogens (tertiary/aromatic N) is 1. The lowest BCUT2D eigenvalue weighted by molar-refractivity contribution is -0.149. The van der Waals surface area contributed by atoms with E-state index in [4.69, 9.17) is 11.6 Å². The van der Waals surface area contributed by atoms with Crippen LogP contribution in [0.1, 0.15) is 25.7 Å². The Morgan fingerprint density at radius 1 is 1.45 bits per heavy atom. The number of fused-ring (bicyclic) bond motifs is 1. The number of rotatable bonds is 6. The molecule has 0 spiro atoms. The average molecular weight is 340 g/mol. The number of carboxylic acid groups (broad SMARTS) is 1. The maximum Gasteiger partial charge on any atom is 0.311 e. The summed E-state index contributed by atoms with van der Waals surface area (Å²) in [5, 5.41) is 10.4. The van der Waals surface area contributed by atoms with Crippen LogP contribution in [-0.2, 0) is 4.79 Å². The van der Waals surface area contributed by atoms with E-state index < -0.39 is 11.4 Å². The van der Waals surface area contributed by atoms with Crippen molar-refractivity contribution in [2.45, 2.75) is 30.6 Å². The van der Waals surface area contributed by atoms with Gasteiger partial charge in [-0.05, 0) is 49.6 Å². The largest absolute Gasteiger partial charge is 0.481 e.